The molecule has 0 bridgehead atoms. The third-order valence-corrected chi connectivity index (χ3v) is 4.47. The van der Waals surface area contributed by atoms with Gasteiger partial charge in [-0.25, -0.2) is 0 Å². The number of nitrogens with one attached hydrogen (secondary N) is 2. The Hall–Kier alpha value is -2.57. The van der Waals surface area contributed by atoms with Gasteiger partial charge in [0.05, 0.1) is 29.0 Å². The van der Waals surface area contributed by atoms with Crippen LogP contribution in [0.4, 0.5) is 17.5 Å². The van der Waals surface area contributed by atoms with E-state index in [9.17, 15) is 0 Å². The lowest BCUT2D eigenvalue weighted by Crippen LogP contribution is -2.09. The van der Waals surface area contributed by atoms with Gasteiger partial charge in [0.2, 0.25) is 5.95 Å². The van der Waals surface area contributed by atoms with Gasteiger partial charge in [0, 0.05) is 6.54 Å². The van der Waals surface area contributed by atoms with E-state index in [0.29, 0.717) is 34.0 Å². The Morgan fingerprint density at radius 2 is 1.92 bits per heavy atom. The van der Waals surface area contributed by atoms with Gasteiger partial charge in [0.1, 0.15) is 5.75 Å². The highest BCUT2D eigenvalue weighted by Gasteiger charge is 2.07. The third-order valence-electron chi connectivity index (χ3n) is 3.65. The predicted molar refractivity (Wildman–Crippen MR) is 105 cm³/mol. The van der Waals surface area contributed by atoms with Gasteiger partial charge in [-0.05, 0) is 30.2 Å². The van der Waals surface area contributed by atoms with Crippen molar-refractivity contribution in [2.45, 2.75) is 6.42 Å². The summed E-state index contributed by atoms with van der Waals surface area (Å²) >= 11 is 12.2. The Bertz CT molecular complexity index is 891. The van der Waals surface area contributed by atoms with Crippen LogP contribution in [0.25, 0.3) is 0 Å². The molecule has 3 rings (SSSR count). The molecule has 26 heavy (non-hydrogen) atoms. The van der Waals surface area contributed by atoms with Crippen LogP contribution in [-0.2, 0) is 6.42 Å². The largest absolute Gasteiger partial charge is 0.496 e. The number of benzene rings is 2. The molecule has 0 aliphatic carbocycles. The SMILES string of the molecule is COc1ccccc1CCNc1cnnc(Nc2cccc(Cl)c2Cl)n1. The fourth-order valence-corrected chi connectivity index (χ4v) is 2.74. The molecule has 0 atom stereocenters. The summed E-state index contributed by atoms with van der Waals surface area (Å²) < 4.78 is 5.36. The van der Waals surface area contributed by atoms with Crippen molar-refractivity contribution in [2.24, 2.45) is 0 Å². The van der Waals surface area contributed by atoms with Crippen LogP contribution in [0.2, 0.25) is 10.0 Å². The number of para-hydroxylation sites is 1. The average Bonchev–Trinajstić information content (AvgIpc) is 2.66. The number of halogens is 2. The van der Waals surface area contributed by atoms with Gasteiger partial charge in [0.15, 0.2) is 5.82 Å². The van der Waals surface area contributed by atoms with Crippen molar-refractivity contribution < 1.29 is 4.74 Å². The van der Waals surface area contributed by atoms with E-state index in [1.807, 2.05) is 24.3 Å². The smallest absolute Gasteiger partial charge is 0.249 e. The van der Waals surface area contributed by atoms with Gasteiger partial charge in [-0.1, -0.05) is 47.5 Å². The molecule has 3 aromatic rings. The minimum atomic E-state index is 0.330. The molecule has 0 saturated heterocycles. The zero-order valence-corrected chi connectivity index (χ0v) is 15.6. The molecule has 2 N–H and O–H groups in total. The number of hydrogen-bond donors (Lipinski definition) is 2. The molecule has 0 radical (unpaired) electrons. The second kappa shape index (κ2) is 8.69. The lowest BCUT2D eigenvalue weighted by atomic mass is 10.1. The first-order valence-corrected chi connectivity index (χ1v) is 8.69. The van der Waals surface area contributed by atoms with E-state index in [1.54, 1.807) is 31.5 Å². The van der Waals surface area contributed by atoms with E-state index in [4.69, 9.17) is 27.9 Å². The van der Waals surface area contributed by atoms with Gasteiger partial charge in [-0.15, -0.1) is 5.10 Å². The monoisotopic (exact) mass is 389 g/mol. The minimum Gasteiger partial charge on any atom is -0.496 e. The lowest BCUT2D eigenvalue weighted by Gasteiger charge is -2.10. The van der Waals surface area contributed by atoms with Crippen molar-refractivity contribution in [3.63, 3.8) is 0 Å². The summed E-state index contributed by atoms with van der Waals surface area (Å²) in [5.41, 5.74) is 1.74. The average molecular weight is 390 g/mol. The molecule has 1 aromatic heterocycles. The summed E-state index contributed by atoms with van der Waals surface area (Å²) in [6.07, 6.45) is 2.35. The molecule has 134 valence electrons. The van der Waals surface area contributed by atoms with E-state index >= 15 is 0 Å². The molecule has 6 nitrogen and oxygen atoms in total. The molecule has 0 unspecified atom stereocenters. The van der Waals surface area contributed by atoms with Crippen LogP contribution in [0, 0.1) is 0 Å². The first-order valence-electron chi connectivity index (χ1n) is 7.94. The van der Waals surface area contributed by atoms with Crippen molar-refractivity contribution in [1.82, 2.24) is 15.2 Å². The zero-order chi connectivity index (χ0) is 18.4. The number of methoxy groups -OCH3 is 1. The molecule has 0 aliphatic rings. The number of nitrogens with zero attached hydrogens (tertiary/aromatic N) is 3. The molecule has 2 aromatic carbocycles. The van der Waals surface area contributed by atoms with Crippen molar-refractivity contribution in [1.29, 1.82) is 0 Å². The fourth-order valence-electron chi connectivity index (χ4n) is 2.40. The molecule has 0 spiro atoms. The van der Waals surface area contributed by atoms with Crippen LogP contribution in [-0.4, -0.2) is 28.8 Å². The van der Waals surface area contributed by atoms with Crippen molar-refractivity contribution in [3.05, 3.63) is 64.3 Å². The summed E-state index contributed by atoms with van der Waals surface area (Å²) in [6, 6.07) is 13.2. The Morgan fingerprint density at radius 1 is 1.08 bits per heavy atom. The second-order valence-corrected chi connectivity index (χ2v) is 6.17. The van der Waals surface area contributed by atoms with E-state index < -0.39 is 0 Å². The number of aromatic nitrogens is 3. The third kappa shape index (κ3) is 4.53. The maximum Gasteiger partial charge on any atom is 0.249 e. The van der Waals surface area contributed by atoms with Gasteiger partial charge >= 0.3 is 0 Å². The number of anilines is 3. The number of ether oxygens (including phenoxy) is 1. The standard InChI is InChI=1S/C18H17Cl2N5O/c1-26-15-8-3-2-5-12(15)9-10-21-16-11-22-25-18(24-16)23-14-7-4-6-13(19)17(14)20/h2-8,11H,9-10H2,1H3,(H2,21,23,24,25). The van der Waals surface area contributed by atoms with Gasteiger partial charge in [-0.2, -0.15) is 10.1 Å². The van der Waals surface area contributed by atoms with Crippen molar-refractivity contribution in [2.75, 3.05) is 24.3 Å². The Kier molecular flexibility index (Phi) is 6.09. The topological polar surface area (TPSA) is 72.0 Å². The predicted octanol–water partition coefficient (Wildman–Crippen LogP) is 4.59. The first kappa shape index (κ1) is 18.2. The quantitative estimate of drug-likeness (QED) is 0.615. The summed E-state index contributed by atoms with van der Waals surface area (Å²) in [7, 11) is 1.67. The second-order valence-electron chi connectivity index (χ2n) is 5.38. The maximum absolute atomic E-state index is 6.17. The van der Waals surface area contributed by atoms with Crippen LogP contribution in [0.15, 0.2) is 48.7 Å². The molecular weight excluding hydrogens is 373 g/mol. The van der Waals surface area contributed by atoms with Crippen LogP contribution in [0.5, 0.6) is 5.75 Å². The summed E-state index contributed by atoms with van der Waals surface area (Å²) in [5, 5.41) is 15.0. The Morgan fingerprint density at radius 3 is 2.77 bits per heavy atom. The first-order chi connectivity index (χ1) is 12.7. The summed E-state index contributed by atoms with van der Waals surface area (Å²) in [5.74, 6) is 1.81. The van der Waals surface area contributed by atoms with Crippen LogP contribution < -0.4 is 15.4 Å². The Labute approximate surface area is 161 Å². The van der Waals surface area contributed by atoms with Crippen molar-refractivity contribution >= 4 is 40.7 Å². The summed E-state index contributed by atoms with van der Waals surface area (Å²) in [4.78, 5) is 4.38. The van der Waals surface area contributed by atoms with E-state index in [0.717, 1.165) is 17.7 Å². The molecule has 0 saturated carbocycles. The fraction of sp³-hybridized carbons (Fsp3) is 0.167. The molecule has 0 aliphatic heterocycles. The number of hydrogen-bond acceptors (Lipinski definition) is 6. The van der Waals surface area contributed by atoms with Gasteiger partial charge in [-0.3, -0.25) is 0 Å². The van der Waals surface area contributed by atoms with Crippen molar-refractivity contribution in [3.8, 4) is 5.75 Å². The summed E-state index contributed by atoms with van der Waals surface area (Å²) in [6.45, 7) is 0.677. The number of rotatable bonds is 7. The molecule has 0 fully saturated rings. The highest BCUT2D eigenvalue weighted by Crippen LogP contribution is 2.30. The van der Waals surface area contributed by atoms with E-state index in [2.05, 4.69) is 25.8 Å². The highest BCUT2D eigenvalue weighted by atomic mass is 35.5. The molecule has 8 heteroatoms. The molecular formula is C18H17Cl2N5O. The Balaban J connectivity index is 1.63. The lowest BCUT2D eigenvalue weighted by molar-refractivity contribution is 0.410. The maximum atomic E-state index is 6.17. The van der Waals surface area contributed by atoms with Gasteiger partial charge < -0.3 is 15.4 Å². The van der Waals surface area contributed by atoms with Crippen LogP contribution in [0.3, 0.4) is 0 Å². The van der Waals surface area contributed by atoms with Crippen LogP contribution in [0.1, 0.15) is 5.56 Å². The molecule has 1 heterocycles. The minimum absolute atomic E-state index is 0.330. The zero-order valence-electron chi connectivity index (χ0n) is 14.0. The van der Waals surface area contributed by atoms with Crippen LogP contribution >= 0.6 is 23.2 Å². The normalized spacial score (nSPS) is 10.4. The van der Waals surface area contributed by atoms with E-state index in [-0.39, 0.29) is 0 Å². The van der Waals surface area contributed by atoms with E-state index in [1.165, 1.54) is 0 Å². The molecule has 0 amide bonds. The van der Waals surface area contributed by atoms with Gasteiger partial charge in [0.25, 0.3) is 0 Å². The highest BCUT2D eigenvalue weighted by molar-refractivity contribution is 6.43.